The van der Waals surface area contributed by atoms with E-state index in [-0.39, 0.29) is 30.5 Å². The van der Waals surface area contributed by atoms with Crippen LogP contribution in [0.25, 0.3) is 0 Å². The summed E-state index contributed by atoms with van der Waals surface area (Å²) >= 11 is 0. The second kappa shape index (κ2) is 16.6. The molecule has 8 nitrogen and oxygen atoms in total. The van der Waals surface area contributed by atoms with E-state index in [1.165, 1.54) is 0 Å². The fourth-order valence-corrected chi connectivity index (χ4v) is 3.48. The molecule has 9 heteroatoms. The summed E-state index contributed by atoms with van der Waals surface area (Å²) in [5.74, 6) is -1.61. The first-order valence-electron chi connectivity index (χ1n) is 10.5. The summed E-state index contributed by atoms with van der Waals surface area (Å²) in [5.41, 5.74) is 0. The number of hydrogen-bond acceptors (Lipinski definition) is 6. The summed E-state index contributed by atoms with van der Waals surface area (Å²) in [4.78, 5) is 24.2. The molecule has 0 aliphatic heterocycles. The van der Waals surface area contributed by atoms with Gasteiger partial charge in [0.1, 0.15) is 0 Å². The van der Waals surface area contributed by atoms with Crippen LogP contribution in [0.2, 0.25) is 0 Å². The van der Waals surface area contributed by atoms with Gasteiger partial charge in [0.15, 0.2) is 5.25 Å². The molecule has 0 aromatic heterocycles. The van der Waals surface area contributed by atoms with Gasteiger partial charge in [0.25, 0.3) is 10.1 Å². The zero-order chi connectivity index (χ0) is 21.6. The van der Waals surface area contributed by atoms with E-state index in [9.17, 15) is 22.6 Å². The molecule has 29 heavy (non-hydrogen) atoms. The highest BCUT2D eigenvalue weighted by Gasteiger charge is 2.36. The van der Waals surface area contributed by atoms with Gasteiger partial charge in [0.05, 0.1) is 19.6 Å². The van der Waals surface area contributed by atoms with Crippen LogP contribution in [0.4, 0.5) is 0 Å². The summed E-state index contributed by atoms with van der Waals surface area (Å²) in [6.45, 7) is 8.35. The quantitative estimate of drug-likeness (QED) is 0.287. The molecule has 3 N–H and O–H groups in total. The lowest BCUT2D eigenvalue weighted by Gasteiger charge is -2.18. The molecule has 0 rings (SSSR count). The predicted molar refractivity (Wildman–Crippen MR) is 112 cm³/mol. The van der Waals surface area contributed by atoms with Crippen molar-refractivity contribution < 1.29 is 37.5 Å². The Balaban J connectivity index is 0. The fraction of sp³-hybridized carbons (Fsp3) is 0.900. The van der Waals surface area contributed by atoms with E-state index in [4.69, 9.17) is 9.47 Å². The molecular formula is C20H40O8S. The minimum atomic E-state index is -4.76. The maximum absolute atomic E-state index is 12.2. The lowest BCUT2D eigenvalue weighted by molar-refractivity contribution is -0.151. The summed E-state index contributed by atoms with van der Waals surface area (Å²) in [7, 11) is -4.76. The third-order valence-electron chi connectivity index (χ3n) is 5.00. The van der Waals surface area contributed by atoms with Gasteiger partial charge >= 0.3 is 11.9 Å². The molecule has 3 atom stereocenters. The fourth-order valence-electron chi connectivity index (χ4n) is 2.82. The molecule has 0 saturated heterocycles. The Hall–Kier alpha value is -1.19. The van der Waals surface area contributed by atoms with Crippen molar-refractivity contribution in [3.05, 3.63) is 0 Å². The van der Waals surface area contributed by atoms with Crippen molar-refractivity contribution in [2.75, 3.05) is 13.2 Å². The number of rotatable bonds is 16. The third-order valence-corrected chi connectivity index (χ3v) is 6.08. The van der Waals surface area contributed by atoms with Gasteiger partial charge in [-0.15, -0.1) is 0 Å². The molecule has 3 unspecified atom stereocenters. The normalized spacial score (nSPS) is 14.4. The molecule has 0 aromatic rings. The average Bonchev–Trinajstić information content (AvgIpc) is 2.65. The molecule has 0 aliphatic rings. The summed E-state index contributed by atoms with van der Waals surface area (Å²) in [6.07, 6.45) is 6.74. The first-order chi connectivity index (χ1) is 13.2. The van der Waals surface area contributed by atoms with Crippen molar-refractivity contribution in [3.63, 3.8) is 0 Å². The molecule has 0 radical (unpaired) electrons. The van der Waals surface area contributed by atoms with Gasteiger partial charge in [-0.2, -0.15) is 8.42 Å². The molecule has 174 valence electrons. The molecule has 0 amide bonds. The van der Waals surface area contributed by atoms with Crippen LogP contribution in [0, 0.1) is 11.8 Å². The van der Waals surface area contributed by atoms with Crippen LogP contribution in [-0.4, -0.2) is 48.8 Å². The van der Waals surface area contributed by atoms with E-state index in [0.29, 0.717) is 0 Å². The summed E-state index contributed by atoms with van der Waals surface area (Å²) in [6, 6.07) is 0. The van der Waals surface area contributed by atoms with Gasteiger partial charge < -0.3 is 14.9 Å². The highest BCUT2D eigenvalue weighted by Crippen LogP contribution is 2.17. The van der Waals surface area contributed by atoms with E-state index in [1.807, 2.05) is 13.8 Å². The van der Waals surface area contributed by atoms with Gasteiger partial charge in [0.2, 0.25) is 0 Å². The highest BCUT2D eigenvalue weighted by molar-refractivity contribution is 7.87. The summed E-state index contributed by atoms with van der Waals surface area (Å²) < 4.78 is 42.8. The van der Waals surface area contributed by atoms with E-state index >= 15 is 0 Å². The smallest absolute Gasteiger partial charge is 0.327 e. The Bertz CT molecular complexity index is 547. The Morgan fingerprint density at radius 2 is 1.31 bits per heavy atom. The minimum absolute atomic E-state index is 0. The largest absolute Gasteiger partial charge is 0.465 e. The molecule has 0 spiro atoms. The second-order valence-electron chi connectivity index (χ2n) is 7.35. The number of esters is 2. The number of carbonyl (C=O) groups is 2. The van der Waals surface area contributed by atoms with Crippen LogP contribution in [-0.2, 0) is 29.2 Å². The first kappa shape index (κ1) is 30.0. The van der Waals surface area contributed by atoms with Crippen molar-refractivity contribution in [2.24, 2.45) is 11.8 Å². The maximum Gasteiger partial charge on any atom is 0.327 e. The molecule has 0 saturated carbocycles. The van der Waals surface area contributed by atoms with Crippen molar-refractivity contribution in [2.45, 2.75) is 90.7 Å². The Morgan fingerprint density at radius 3 is 1.69 bits per heavy atom. The number of ether oxygens (including phenoxy) is 2. The van der Waals surface area contributed by atoms with Crippen LogP contribution in [0.15, 0.2) is 0 Å². The third kappa shape index (κ3) is 13.6. The van der Waals surface area contributed by atoms with E-state index in [2.05, 4.69) is 13.8 Å². The van der Waals surface area contributed by atoms with Gasteiger partial charge in [-0.05, 0) is 24.7 Å². The minimum Gasteiger partial charge on any atom is -0.465 e. The molecule has 0 heterocycles. The van der Waals surface area contributed by atoms with Crippen molar-refractivity contribution in [1.29, 1.82) is 0 Å². The SMILES string of the molecule is CCCCC(CC)COC(=O)CC(C(=O)OCC(CC)CCCC)S(=O)(=O)O.O. The summed E-state index contributed by atoms with van der Waals surface area (Å²) in [5, 5.41) is -1.95. The van der Waals surface area contributed by atoms with Gasteiger partial charge in [0, 0.05) is 0 Å². The van der Waals surface area contributed by atoms with E-state index in [0.717, 1.165) is 51.4 Å². The number of unbranched alkanes of at least 4 members (excludes halogenated alkanes) is 2. The van der Waals surface area contributed by atoms with Gasteiger partial charge in [-0.1, -0.05) is 66.2 Å². The predicted octanol–water partition coefficient (Wildman–Crippen LogP) is 3.33. The van der Waals surface area contributed by atoms with Crippen LogP contribution in [0.3, 0.4) is 0 Å². The van der Waals surface area contributed by atoms with Gasteiger partial charge in [-0.25, -0.2) is 0 Å². The molecule has 0 fully saturated rings. The van der Waals surface area contributed by atoms with Crippen LogP contribution >= 0.6 is 0 Å². The van der Waals surface area contributed by atoms with Crippen molar-refractivity contribution >= 4 is 22.1 Å². The lowest BCUT2D eigenvalue weighted by atomic mass is 10.0. The Kier molecular flexibility index (Phi) is 17.2. The topological polar surface area (TPSA) is 138 Å². The van der Waals surface area contributed by atoms with Gasteiger partial charge in [-0.3, -0.25) is 14.1 Å². The van der Waals surface area contributed by atoms with E-state index < -0.39 is 33.7 Å². The number of hydrogen-bond donors (Lipinski definition) is 1. The van der Waals surface area contributed by atoms with E-state index in [1.54, 1.807) is 0 Å². The molecule has 0 aromatic carbocycles. The van der Waals surface area contributed by atoms with Crippen LogP contribution in [0.5, 0.6) is 0 Å². The monoisotopic (exact) mass is 440 g/mol. The zero-order valence-electron chi connectivity index (χ0n) is 18.3. The molecular weight excluding hydrogens is 400 g/mol. The van der Waals surface area contributed by atoms with Crippen molar-refractivity contribution in [1.82, 2.24) is 0 Å². The first-order valence-corrected chi connectivity index (χ1v) is 12.0. The Morgan fingerprint density at radius 1 is 0.862 bits per heavy atom. The lowest BCUT2D eigenvalue weighted by Crippen LogP contribution is -2.35. The average molecular weight is 441 g/mol. The second-order valence-corrected chi connectivity index (χ2v) is 8.95. The highest BCUT2D eigenvalue weighted by atomic mass is 32.2. The zero-order valence-corrected chi connectivity index (χ0v) is 19.1. The molecule has 0 bridgehead atoms. The maximum atomic E-state index is 12.2. The standard InChI is InChI=1S/C20H38O7S.H2O/c1-5-9-11-16(7-3)14-26-19(21)13-18(28(23,24)25)20(22)27-15-17(8-4)12-10-6-2;/h16-18H,5-15H2,1-4H3,(H,23,24,25);1H2. The van der Waals surface area contributed by atoms with Crippen LogP contribution in [0.1, 0.15) is 85.5 Å². The Labute approximate surface area is 175 Å². The molecule has 0 aliphatic carbocycles. The number of carbonyl (C=O) groups excluding carboxylic acids is 2. The van der Waals surface area contributed by atoms with Crippen LogP contribution < -0.4 is 0 Å². The van der Waals surface area contributed by atoms with Crippen molar-refractivity contribution in [3.8, 4) is 0 Å².